The van der Waals surface area contributed by atoms with Gasteiger partial charge in [0.25, 0.3) is 0 Å². The SMILES string of the molecule is c1ccc(N(c2ccccc2)c2ccc(C3(c4ccccc4)c4ccccc4-c4ccc(-c5ccc(-c6nc7ccccc7n6-c6ccccc6)cc5)cc43)cc2)cc1. The van der Waals surface area contributed by atoms with Crippen LogP contribution >= 0.6 is 0 Å². The first-order valence-electron chi connectivity index (χ1n) is 20.2. The molecular weight excluding hydrogens is 715 g/mol. The molecule has 0 saturated heterocycles. The minimum atomic E-state index is -0.535. The van der Waals surface area contributed by atoms with E-state index >= 15 is 0 Å². The van der Waals surface area contributed by atoms with Gasteiger partial charge in [-0.2, -0.15) is 0 Å². The number of nitrogens with zero attached hydrogens (tertiary/aromatic N) is 3. The number of rotatable bonds is 8. The van der Waals surface area contributed by atoms with Gasteiger partial charge in [0.2, 0.25) is 0 Å². The lowest BCUT2D eigenvalue weighted by molar-refractivity contribution is 0.769. The Balaban J connectivity index is 1.05. The van der Waals surface area contributed by atoms with Crippen molar-refractivity contribution >= 4 is 28.1 Å². The van der Waals surface area contributed by atoms with Crippen molar-refractivity contribution in [1.29, 1.82) is 0 Å². The normalized spacial score (nSPS) is 14.2. The van der Waals surface area contributed by atoms with Gasteiger partial charge in [-0.25, -0.2) is 4.98 Å². The zero-order chi connectivity index (χ0) is 39.2. The minimum absolute atomic E-state index is 0.535. The molecule has 0 spiro atoms. The first-order chi connectivity index (χ1) is 29.3. The lowest BCUT2D eigenvalue weighted by atomic mass is 9.67. The molecule has 0 radical (unpaired) electrons. The summed E-state index contributed by atoms with van der Waals surface area (Å²) in [4.78, 5) is 7.45. The maximum absolute atomic E-state index is 5.13. The quantitative estimate of drug-likeness (QED) is 0.154. The molecule has 0 aliphatic heterocycles. The first kappa shape index (κ1) is 34.5. The van der Waals surface area contributed by atoms with Crippen LogP contribution in [0.1, 0.15) is 22.3 Å². The Kier molecular flexibility index (Phi) is 8.37. The fraction of sp³-hybridized carbons (Fsp3) is 0.0179. The Labute approximate surface area is 344 Å². The van der Waals surface area contributed by atoms with Crippen molar-refractivity contribution in [3.63, 3.8) is 0 Å². The number of aromatic nitrogens is 2. The van der Waals surface area contributed by atoms with E-state index in [1.165, 1.54) is 38.9 Å². The molecule has 0 amide bonds. The zero-order valence-electron chi connectivity index (χ0n) is 32.4. The second-order valence-electron chi connectivity index (χ2n) is 15.1. The van der Waals surface area contributed by atoms with Crippen LogP contribution in [0.5, 0.6) is 0 Å². The average Bonchev–Trinajstić information content (AvgIpc) is 3.85. The Morgan fingerprint density at radius 1 is 0.373 bits per heavy atom. The standard InChI is InChI=1S/C56H39N3/c1-5-17-43(18-6-1)56(44-34-36-48(37-35-44)58(45-19-7-2-8-20-45)46-21-9-3-10-22-46)51-26-14-13-25-49(51)50-38-33-42(39-52(50)56)40-29-31-41(32-30-40)55-57-53-27-15-16-28-54(53)59(55)47-23-11-4-12-24-47/h1-39H. The highest BCUT2D eigenvalue weighted by Gasteiger charge is 2.46. The molecule has 59 heavy (non-hydrogen) atoms. The van der Waals surface area contributed by atoms with Gasteiger partial charge in [-0.05, 0) is 111 Å². The summed E-state index contributed by atoms with van der Waals surface area (Å²) < 4.78 is 2.26. The molecule has 3 nitrogen and oxygen atoms in total. The van der Waals surface area contributed by atoms with Crippen molar-refractivity contribution in [3.8, 4) is 39.3 Å². The van der Waals surface area contributed by atoms with Crippen molar-refractivity contribution in [2.45, 2.75) is 5.41 Å². The maximum Gasteiger partial charge on any atom is 0.145 e. The molecule has 0 N–H and O–H groups in total. The minimum Gasteiger partial charge on any atom is -0.311 e. The third-order valence-electron chi connectivity index (χ3n) is 11.9. The van der Waals surface area contributed by atoms with E-state index in [0.29, 0.717) is 0 Å². The Bertz CT molecular complexity index is 3020. The molecule has 1 heterocycles. The van der Waals surface area contributed by atoms with Gasteiger partial charge in [0, 0.05) is 28.3 Å². The Morgan fingerprint density at radius 3 is 1.58 bits per heavy atom. The zero-order valence-corrected chi connectivity index (χ0v) is 32.4. The highest BCUT2D eigenvalue weighted by atomic mass is 15.1. The van der Waals surface area contributed by atoms with E-state index in [9.17, 15) is 0 Å². The van der Waals surface area contributed by atoms with Gasteiger partial charge >= 0.3 is 0 Å². The number of anilines is 3. The van der Waals surface area contributed by atoms with Crippen molar-refractivity contribution in [1.82, 2.24) is 9.55 Å². The van der Waals surface area contributed by atoms with E-state index in [4.69, 9.17) is 4.98 Å². The molecule has 1 atom stereocenters. The number of benzene rings is 9. The molecule has 10 aromatic rings. The summed E-state index contributed by atoms with van der Waals surface area (Å²) >= 11 is 0. The van der Waals surface area contributed by atoms with E-state index in [-0.39, 0.29) is 0 Å². The number of hydrogen-bond acceptors (Lipinski definition) is 2. The van der Waals surface area contributed by atoms with Gasteiger partial charge in [-0.3, -0.25) is 4.57 Å². The topological polar surface area (TPSA) is 21.1 Å². The molecule has 0 bridgehead atoms. The van der Waals surface area contributed by atoms with E-state index in [1.807, 2.05) is 0 Å². The van der Waals surface area contributed by atoms with E-state index in [2.05, 4.69) is 246 Å². The molecule has 1 aliphatic carbocycles. The fourth-order valence-corrected chi connectivity index (χ4v) is 9.27. The highest BCUT2D eigenvalue weighted by Crippen LogP contribution is 2.57. The van der Waals surface area contributed by atoms with Crippen molar-refractivity contribution in [3.05, 3.63) is 259 Å². The van der Waals surface area contributed by atoms with Gasteiger partial charge in [0.15, 0.2) is 0 Å². The molecule has 1 aromatic heterocycles. The number of hydrogen-bond donors (Lipinski definition) is 0. The second kappa shape index (κ2) is 14.3. The van der Waals surface area contributed by atoms with Crippen LogP contribution in [0.4, 0.5) is 17.1 Å². The van der Waals surface area contributed by atoms with Crippen molar-refractivity contribution in [2.24, 2.45) is 0 Å². The summed E-state index contributed by atoms with van der Waals surface area (Å²) in [7, 11) is 0. The van der Waals surface area contributed by atoms with Crippen LogP contribution in [-0.4, -0.2) is 9.55 Å². The van der Waals surface area contributed by atoms with Crippen LogP contribution in [0.3, 0.4) is 0 Å². The highest BCUT2D eigenvalue weighted by molar-refractivity contribution is 5.89. The summed E-state index contributed by atoms with van der Waals surface area (Å²) in [5, 5.41) is 0. The van der Waals surface area contributed by atoms with Crippen LogP contribution in [0.25, 0.3) is 50.4 Å². The van der Waals surface area contributed by atoms with Crippen LogP contribution < -0.4 is 4.90 Å². The first-order valence-corrected chi connectivity index (χ1v) is 20.2. The van der Waals surface area contributed by atoms with Crippen LogP contribution in [0.15, 0.2) is 237 Å². The third-order valence-corrected chi connectivity index (χ3v) is 11.9. The van der Waals surface area contributed by atoms with Crippen molar-refractivity contribution in [2.75, 3.05) is 4.90 Å². The van der Waals surface area contributed by atoms with Crippen LogP contribution in [0, 0.1) is 0 Å². The third kappa shape index (κ3) is 5.70. The molecule has 1 unspecified atom stereocenters. The lowest BCUT2D eigenvalue weighted by Crippen LogP contribution is -2.28. The summed E-state index contributed by atoms with van der Waals surface area (Å²) in [5.74, 6) is 0.929. The maximum atomic E-state index is 5.13. The molecular formula is C56H39N3. The molecule has 0 fully saturated rings. The molecule has 278 valence electrons. The Hall–Kier alpha value is -7.75. The molecule has 11 rings (SSSR count). The monoisotopic (exact) mass is 753 g/mol. The smallest absolute Gasteiger partial charge is 0.145 e. The molecule has 9 aromatic carbocycles. The predicted molar refractivity (Wildman–Crippen MR) is 244 cm³/mol. The Morgan fingerprint density at radius 2 is 0.881 bits per heavy atom. The predicted octanol–water partition coefficient (Wildman–Crippen LogP) is 14.2. The molecule has 0 saturated carbocycles. The van der Waals surface area contributed by atoms with Crippen LogP contribution in [-0.2, 0) is 5.41 Å². The number of imidazole rings is 1. The van der Waals surface area contributed by atoms with Gasteiger partial charge in [-0.15, -0.1) is 0 Å². The van der Waals surface area contributed by atoms with Crippen LogP contribution in [0.2, 0.25) is 0 Å². The van der Waals surface area contributed by atoms with E-state index < -0.39 is 5.41 Å². The summed E-state index contributed by atoms with van der Waals surface area (Å²) in [6.45, 7) is 0. The van der Waals surface area contributed by atoms with Crippen molar-refractivity contribution < 1.29 is 0 Å². The van der Waals surface area contributed by atoms with Gasteiger partial charge in [0.1, 0.15) is 5.82 Å². The number of para-hydroxylation sites is 5. The van der Waals surface area contributed by atoms with Gasteiger partial charge in [0.05, 0.1) is 16.4 Å². The lowest BCUT2D eigenvalue weighted by Gasteiger charge is -2.34. The number of fused-ring (bicyclic) bond motifs is 4. The van der Waals surface area contributed by atoms with Gasteiger partial charge in [-0.1, -0.05) is 170 Å². The second-order valence-corrected chi connectivity index (χ2v) is 15.1. The summed E-state index contributed by atoms with van der Waals surface area (Å²) in [6.07, 6.45) is 0. The average molecular weight is 754 g/mol. The van der Waals surface area contributed by atoms with E-state index in [0.717, 1.165) is 50.7 Å². The largest absolute Gasteiger partial charge is 0.311 e. The van der Waals surface area contributed by atoms with Gasteiger partial charge < -0.3 is 4.90 Å². The molecule has 1 aliphatic rings. The summed E-state index contributed by atoms with van der Waals surface area (Å²) in [6, 6.07) is 85.3. The molecule has 3 heteroatoms. The summed E-state index contributed by atoms with van der Waals surface area (Å²) in [5.41, 5.74) is 17.0. The fourth-order valence-electron chi connectivity index (χ4n) is 9.27. The van der Waals surface area contributed by atoms with E-state index in [1.54, 1.807) is 0 Å².